The fourth-order valence-corrected chi connectivity index (χ4v) is 3.32. The molecule has 11 nitrogen and oxygen atoms in total. The molecule has 3 aromatic heterocycles. The van der Waals surface area contributed by atoms with Crippen LogP contribution in [-0.2, 0) is 13.1 Å². The number of allylic oxidation sites excluding steroid dienone is 1. The number of rotatable bonds is 4. The second-order valence-electron chi connectivity index (χ2n) is 6.16. The Morgan fingerprint density at radius 2 is 2.21 bits per heavy atom. The first-order valence-electron chi connectivity index (χ1n) is 8.21. The van der Waals surface area contributed by atoms with Gasteiger partial charge in [-0.25, -0.2) is 9.78 Å². The van der Waals surface area contributed by atoms with Crippen LogP contribution in [0.5, 0.6) is 0 Å². The standard InChI is InChI=1S/C16H16ClN9O2/c1-7(3-20-19-2)8-4-21-26-12(18)11(17)14(23-13(8)26)25-5-9-10(6-25)22-16(28)24-15(9)27/h3-4,19H,1,5-6,18H2,2H3,(H2,22,24,27,28)/b20-3-. The summed E-state index contributed by atoms with van der Waals surface area (Å²) in [5, 5.41) is 8.36. The van der Waals surface area contributed by atoms with Crippen molar-refractivity contribution >= 4 is 40.7 Å². The van der Waals surface area contributed by atoms with E-state index >= 15 is 0 Å². The summed E-state index contributed by atoms with van der Waals surface area (Å²) >= 11 is 6.43. The molecule has 4 heterocycles. The minimum atomic E-state index is -0.558. The van der Waals surface area contributed by atoms with E-state index in [1.54, 1.807) is 24.4 Å². The number of aromatic nitrogens is 5. The number of anilines is 2. The van der Waals surface area contributed by atoms with Crippen molar-refractivity contribution in [3.63, 3.8) is 0 Å². The van der Waals surface area contributed by atoms with Crippen molar-refractivity contribution in [1.29, 1.82) is 0 Å². The number of nitrogens with zero attached hydrogens (tertiary/aromatic N) is 5. The Hall–Kier alpha value is -3.60. The van der Waals surface area contributed by atoms with Gasteiger partial charge in [-0.05, 0) is 5.57 Å². The second-order valence-corrected chi connectivity index (χ2v) is 6.53. The molecular weight excluding hydrogens is 386 g/mol. The number of fused-ring (bicyclic) bond motifs is 2. The molecule has 0 bridgehead atoms. The van der Waals surface area contributed by atoms with Crippen LogP contribution in [0.3, 0.4) is 0 Å². The normalized spacial score (nSPS) is 13.4. The molecule has 0 spiro atoms. The van der Waals surface area contributed by atoms with Crippen molar-refractivity contribution < 1.29 is 0 Å². The maximum atomic E-state index is 12.0. The van der Waals surface area contributed by atoms with Crippen molar-refractivity contribution in [3.05, 3.63) is 55.5 Å². The Kier molecular flexibility index (Phi) is 4.15. The van der Waals surface area contributed by atoms with Gasteiger partial charge in [0.05, 0.1) is 31.1 Å². The molecule has 1 aliphatic rings. The summed E-state index contributed by atoms with van der Waals surface area (Å²) in [5.74, 6) is 0.577. The van der Waals surface area contributed by atoms with Gasteiger partial charge < -0.3 is 21.0 Å². The Labute approximate surface area is 162 Å². The van der Waals surface area contributed by atoms with Crippen LogP contribution in [0, 0.1) is 0 Å². The van der Waals surface area contributed by atoms with E-state index in [0.717, 1.165) is 0 Å². The van der Waals surface area contributed by atoms with E-state index in [0.29, 0.717) is 33.9 Å². The molecule has 4 rings (SSSR count). The fraction of sp³-hybridized carbons (Fsp3) is 0.188. The fourth-order valence-electron chi connectivity index (χ4n) is 3.08. The van der Waals surface area contributed by atoms with Gasteiger partial charge in [0.25, 0.3) is 5.56 Å². The molecule has 0 atom stereocenters. The topological polar surface area (TPSA) is 150 Å². The third-order valence-corrected chi connectivity index (χ3v) is 4.79. The molecule has 5 N–H and O–H groups in total. The summed E-state index contributed by atoms with van der Waals surface area (Å²) < 4.78 is 1.41. The SMILES string of the molecule is C=C(/C=N\NC)c1cnn2c(N)c(Cl)c(N3Cc4[nH]c(=O)[nH]c(=O)c4C3)nc12. The number of hydrogen-bond donors (Lipinski definition) is 4. The molecule has 0 fully saturated rings. The number of halogens is 1. The third kappa shape index (κ3) is 2.72. The molecule has 12 heteroatoms. The molecule has 0 aliphatic carbocycles. The highest BCUT2D eigenvalue weighted by atomic mass is 35.5. The summed E-state index contributed by atoms with van der Waals surface area (Å²) in [6, 6.07) is 0. The molecule has 1 aliphatic heterocycles. The van der Waals surface area contributed by atoms with Crippen molar-refractivity contribution in [1.82, 2.24) is 30.0 Å². The molecule has 0 radical (unpaired) electrons. The minimum absolute atomic E-state index is 0.197. The lowest BCUT2D eigenvalue weighted by Crippen LogP contribution is -2.25. The van der Waals surface area contributed by atoms with Crippen molar-refractivity contribution in [2.75, 3.05) is 17.7 Å². The van der Waals surface area contributed by atoms with E-state index < -0.39 is 11.2 Å². The van der Waals surface area contributed by atoms with Crippen LogP contribution in [0.2, 0.25) is 5.02 Å². The Morgan fingerprint density at radius 1 is 1.43 bits per heavy atom. The van der Waals surface area contributed by atoms with E-state index in [2.05, 4.69) is 37.2 Å². The van der Waals surface area contributed by atoms with Crippen LogP contribution in [0.25, 0.3) is 11.2 Å². The summed E-state index contributed by atoms with van der Waals surface area (Å²) in [4.78, 5) is 34.8. The first-order chi connectivity index (χ1) is 13.4. The Bertz CT molecular complexity index is 1250. The second kappa shape index (κ2) is 6.53. The van der Waals surface area contributed by atoms with Gasteiger partial charge in [0, 0.05) is 18.3 Å². The zero-order chi connectivity index (χ0) is 20.0. The van der Waals surface area contributed by atoms with Crippen LogP contribution >= 0.6 is 11.6 Å². The summed E-state index contributed by atoms with van der Waals surface area (Å²) in [5.41, 5.74) is 10.4. The highest BCUT2D eigenvalue weighted by molar-refractivity contribution is 6.35. The molecule has 0 aromatic carbocycles. The largest absolute Gasteiger partial charge is 0.382 e. The first kappa shape index (κ1) is 17.8. The number of nitrogen functional groups attached to an aromatic ring is 1. The van der Waals surface area contributed by atoms with Crippen LogP contribution in [-0.4, -0.2) is 37.8 Å². The lowest BCUT2D eigenvalue weighted by molar-refractivity contribution is 0.839. The molecule has 3 aromatic rings. The zero-order valence-electron chi connectivity index (χ0n) is 14.8. The highest BCUT2D eigenvalue weighted by Crippen LogP contribution is 2.35. The minimum Gasteiger partial charge on any atom is -0.382 e. The predicted octanol–water partition coefficient (Wildman–Crippen LogP) is 0.0801. The molecule has 144 valence electrons. The maximum Gasteiger partial charge on any atom is 0.325 e. The molecule has 0 amide bonds. The summed E-state index contributed by atoms with van der Waals surface area (Å²) in [7, 11) is 1.67. The molecular formula is C16H16ClN9O2. The van der Waals surface area contributed by atoms with Crippen LogP contribution in [0.4, 0.5) is 11.6 Å². The number of nitrogens with one attached hydrogen (secondary N) is 3. The van der Waals surface area contributed by atoms with Gasteiger partial charge in [-0.15, -0.1) is 0 Å². The quantitative estimate of drug-likeness (QED) is 0.357. The van der Waals surface area contributed by atoms with E-state index in [-0.39, 0.29) is 23.9 Å². The van der Waals surface area contributed by atoms with Crippen molar-refractivity contribution in [2.24, 2.45) is 5.10 Å². The molecule has 0 unspecified atom stereocenters. The van der Waals surface area contributed by atoms with Crippen LogP contribution < -0.4 is 27.3 Å². The smallest absolute Gasteiger partial charge is 0.325 e. The van der Waals surface area contributed by atoms with Gasteiger partial charge in [0.15, 0.2) is 11.5 Å². The number of hydrogen-bond acceptors (Lipinski definition) is 8. The van der Waals surface area contributed by atoms with E-state index in [1.807, 2.05) is 0 Å². The average molecular weight is 402 g/mol. The zero-order valence-corrected chi connectivity index (χ0v) is 15.5. The van der Waals surface area contributed by atoms with Crippen molar-refractivity contribution in [3.8, 4) is 0 Å². The Balaban J connectivity index is 1.82. The average Bonchev–Trinajstić information content (AvgIpc) is 3.26. The van der Waals surface area contributed by atoms with Gasteiger partial charge in [0.2, 0.25) is 0 Å². The first-order valence-corrected chi connectivity index (χ1v) is 8.59. The highest BCUT2D eigenvalue weighted by Gasteiger charge is 2.28. The number of aromatic amines is 2. The maximum absolute atomic E-state index is 12.0. The lowest BCUT2D eigenvalue weighted by atomic mass is 10.2. The van der Waals surface area contributed by atoms with E-state index in [1.165, 1.54) is 4.52 Å². The molecule has 0 saturated carbocycles. The lowest BCUT2D eigenvalue weighted by Gasteiger charge is -2.19. The summed E-state index contributed by atoms with van der Waals surface area (Å²) in [6.45, 7) is 4.46. The van der Waals surface area contributed by atoms with Crippen molar-refractivity contribution in [2.45, 2.75) is 13.1 Å². The number of nitrogens with two attached hydrogens (primary N) is 1. The van der Waals surface area contributed by atoms with E-state index in [9.17, 15) is 9.59 Å². The van der Waals surface area contributed by atoms with Crippen LogP contribution in [0.1, 0.15) is 16.8 Å². The molecule has 28 heavy (non-hydrogen) atoms. The predicted molar refractivity (Wildman–Crippen MR) is 107 cm³/mol. The van der Waals surface area contributed by atoms with Gasteiger partial charge in [0.1, 0.15) is 10.8 Å². The van der Waals surface area contributed by atoms with Gasteiger partial charge in [-0.2, -0.15) is 14.7 Å². The van der Waals surface area contributed by atoms with Gasteiger partial charge >= 0.3 is 5.69 Å². The van der Waals surface area contributed by atoms with Gasteiger partial charge in [-0.3, -0.25) is 9.78 Å². The van der Waals surface area contributed by atoms with E-state index in [4.69, 9.17) is 17.3 Å². The number of H-pyrrole nitrogens is 2. The van der Waals surface area contributed by atoms with Gasteiger partial charge in [-0.1, -0.05) is 18.2 Å². The molecule has 0 saturated heterocycles. The number of hydrazone groups is 1. The van der Waals surface area contributed by atoms with Crippen LogP contribution in [0.15, 0.2) is 27.5 Å². The monoisotopic (exact) mass is 401 g/mol. The Morgan fingerprint density at radius 3 is 2.96 bits per heavy atom. The summed E-state index contributed by atoms with van der Waals surface area (Å²) in [6.07, 6.45) is 3.11. The third-order valence-electron chi connectivity index (χ3n) is 4.43.